The highest BCUT2D eigenvalue weighted by Gasteiger charge is 2.33. The number of nitrogens with zero attached hydrogens (tertiary/aromatic N) is 3. The molecule has 0 aliphatic heterocycles. The molecule has 0 unspecified atom stereocenters. The van der Waals surface area contributed by atoms with Crippen molar-refractivity contribution in [2.45, 2.75) is 19.0 Å². The van der Waals surface area contributed by atoms with E-state index in [1.807, 2.05) is 6.07 Å². The van der Waals surface area contributed by atoms with Crippen molar-refractivity contribution in [2.75, 3.05) is 18.5 Å². The summed E-state index contributed by atoms with van der Waals surface area (Å²) in [5.74, 6) is 0.0568. The van der Waals surface area contributed by atoms with E-state index in [9.17, 15) is 13.2 Å². The molecule has 1 aromatic rings. The van der Waals surface area contributed by atoms with Gasteiger partial charge >= 0.3 is 6.18 Å². The van der Waals surface area contributed by atoms with Crippen LogP contribution in [-0.4, -0.2) is 18.6 Å². The van der Waals surface area contributed by atoms with Crippen molar-refractivity contribution < 1.29 is 13.2 Å². The molecule has 0 aliphatic rings. The van der Waals surface area contributed by atoms with Crippen LogP contribution in [0.1, 0.15) is 24.1 Å². The summed E-state index contributed by atoms with van der Waals surface area (Å²) in [5, 5.41) is 8.92. The number of anilines is 1. The van der Waals surface area contributed by atoms with Crippen molar-refractivity contribution in [2.24, 2.45) is 0 Å². The molecular weight excluding hydrogens is 255 g/mol. The molecule has 0 atom stereocenters. The molecule has 0 N–H and O–H groups in total. The van der Waals surface area contributed by atoms with Gasteiger partial charge in [0.05, 0.1) is 5.56 Å². The molecule has 6 heteroatoms. The minimum Gasteiger partial charge on any atom is -0.359 e. The molecule has 102 valence electrons. The standard InChI is InChI=1S/C13H14F3N3/c1-3-4-5-8-19(2)12-10(9-17)6-7-11(18-12)13(14,15)16/h3,6-7H,1,4-5,8H2,2H3. The lowest BCUT2D eigenvalue weighted by Gasteiger charge is -2.20. The Kier molecular flexibility index (Phi) is 4.93. The maximum absolute atomic E-state index is 12.6. The van der Waals surface area contributed by atoms with E-state index >= 15 is 0 Å². The third kappa shape index (κ3) is 3.98. The summed E-state index contributed by atoms with van der Waals surface area (Å²) in [6.07, 6.45) is -1.28. The number of nitriles is 1. The molecule has 1 aromatic heterocycles. The fraction of sp³-hybridized carbons (Fsp3) is 0.385. The van der Waals surface area contributed by atoms with Gasteiger partial charge in [0, 0.05) is 13.6 Å². The topological polar surface area (TPSA) is 39.9 Å². The van der Waals surface area contributed by atoms with Crippen LogP contribution in [0, 0.1) is 11.3 Å². The van der Waals surface area contributed by atoms with Crippen LogP contribution in [0.4, 0.5) is 19.0 Å². The summed E-state index contributed by atoms with van der Waals surface area (Å²) in [4.78, 5) is 5.10. The molecular formula is C13H14F3N3. The van der Waals surface area contributed by atoms with Gasteiger partial charge in [-0.15, -0.1) is 6.58 Å². The van der Waals surface area contributed by atoms with Crippen LogP contribution in [-0.2, 0) is 6.18 Å². The van der Waals surface area contributed by atoms with Gasteiger partial charge in [-0.3, -0.25) is 0 Å². The van der Waals surface area contributed by atoms with Crippen LogP contribution in [0.2, 0.25) is 0 Å². The number of unbranched alkanes of at least 4 members (excludes halogenated alkanes) is 1. The SMILES string of the molecule is C=CCCCN(C)c1nc(C(F)(F)F)ccc1C#N. The summed E-state index contributed by atoms with van der Waals surface area (Å²) in [6.45, 7) is 4.08. The van der Waals surface area contributed by atoms with Gasteiger partial charge in [0.1, 0.15) is 17.6 Å². The second kappa shape index (κ2) is 6.23. The first-order valence-corrected chi connectivity index (χ1v) is 5.70. The first-order valence-electron chi connectivity index (χ1n) is 5.70. The number of pyridine rings is 1. The van der Waals surface area contributed by atoms with Crippen LogP contribution in [0.5, 0.6) is 0 Å². The predicted molar refractivity (Wildman–Crippen MR) is 66.7 cm³/mol. The lowest BCUT2D eigenvalue weighted by molar-refractivity contribution is -0.141. The summed E-state index contributed by atoms with van der Waals surface area (Å²) in [5.41, 5.74) is -0.855. The molecule has 0 radical (unpaired) electrons. The maximum atomic E-state index is 12.6. The molecule has 0 saturated heterocycles. The monoisotopic (exact) mass is 269 g/mol. The summed E-state index contributed by atoms with van der Waals surface area (Å²) < 4.78 is 37.8. The van der Waals surface area contributed by atoms with Crippen LogP contribution < -0.4 is 4.90 Å². The maximum Gasteiger partial charge on any atom is 0.433 e. The Morgan fingerprint density at radius 1 is 1.47 bits per heavy atom. The van der Waals surface area contributed by atoms with E-state index in [1.54, 1.807) is 18.0 Å². The Hall–Kier alpha value is -2.03. The molecule has 0 aliphatic carbocycles. The fourth-order valence-corrected chi connectivity index (χ4v) is 1.56. The molecule has 0 bridgehead atoms. The number of halogens is 3. The average Bonchev–Trinajstić information content (AvgIpc) is 2.37. The largest absolute Gasteiger partial charge is 0.433 e. The molecule has 0 spiro atoms. The summed E-state index contributed by atoms with van der Waals surface area (Å²) in [7, 11) is 1.62. The van der Waals surface area contributed by atoms with Gasteiger partial charge in [-0.05, 0) is 25.0 Å². The Morgan fingerprint density at radius 2 is 2.16 bits per heavy atom. The summed E-state index contributed by atoms with van der Waals surface area (Å²) >= 11 is 0. The molecule has 0 aromatic carbocycles. The van der Waals surface area contributed by atoms with Crippen LogP contribution in [0.3, 0.4) is 0 Å². The quantitative estimate of drug-likeness (QED) is 0.607. The van der Waals surface area contributed by atoms with Gasteiger partial charge in [0.25, 0.3) is 0 Å². The normalized spacial score (nSPS) is 10.9. The van der Waals surface area contributed by atoms with Crippen molar-refractivity contribution in [1.29, 1.82) is 5.26 Å². The minimum absolute atomic E-state index is 0.0568. The first-order chi connectivity index (χ1) is 8.90. The first kappa shape index (κ1) is 15.0. The van der Waals surface area contributed by atoms with Crippen molar-refractivity contribution in [3.05, 3.63) is 36.0 Å². The number of rotatable bonds is 5. The van der Waals surface area contributed by atoms with Crippen molar-refractivity contribution in [1.82, 2.24) is 4.98 Å². The highest BCUT2D eigenvalue weighted by atomic mass is 19.4. The Bertz CT molecular complexity index is 489. The number of alkyl halides is 3. The van der Waals surface area contributed by atoms with Crippen LogP contribution >= 0.6 is 0 Å². The van der Waals surface area contributed by atoms with Crippen LogP contribution in [0.15, 0.2) is 24.8 Å². The molecule has 3 nitrogen and oxygen atoms in total. The molecule has 1 heterocycles. The zero-order valence-electron chi connectivity index (χ0n) is 10.5. The predicted octanol–water partition coefficient (Wildman–Crippen LogP) is 3.37. The van der Waals surface area contributed by atoms with Crippen molar-refractivity contribution in [3.8, 4) is 6.07 Å². The second-order valence-electron chi connectivity index (χ2n) is 4.03. The van der Waals surface area contributed by atoms with Gasteiger partial charge in [-0.25, -0.2) is 4.98 Å². The van der Waals surface area contributed by atoms with Gasteiger partial charge < -0.3 is 4.90 Å². The number of allylic oxidation sites excluding steroid dienone is 1. The van der Waals surface area contributed by atoms with Crippen molar-refractivity contribution in [3.63, 3.8) is 0 Å². The van der Waals surface area contributed by atoms with E-state index in [0.717, 1.165) is 25.0 Å². The number of hydrogen-bond donors (Lipinski definition) is 0. The molecule has 1 rings (SSSR count). The Balaban J connectivity index is 3.02. The van der Waals surface area contributed by atoms with Gasteiger partial charge in [-0.2, -0.15) is 18.4 Å². The van der Waals surface area contributed by atoms with E-state index in [1.165, 1.54) is 0 Å². The highest BCUT2D eigenvalue weighted by molar-refractivity contribution is 5.54. The van der Waals surface area contributed by atoms with Crippen molar-refractivity contribution >= 4 is 5.82 Å². The molecule has 0 amide bonds. The van der Waals surface area contributed by atoms with E-state index < -0.39 is 11.9 Å². The second-order valence-corrected chi connectivity index (χ2v) is 4.03. The van der Waals surface area contributed by atoms with E-state index in [-0.39, 0.29) is 11.4 Å². The van der Waals surface area contributed by atoms with E-state index in [0.29, 0.717) is 6.54 Å². The average molecular weight is 269 g/mol. The number of aromatic nitrogens is 1. The minimum atomic E-state index is -4.51. The lowest BCUT2D eigenvalue weighted by Crippen LogP contribution is -2.22. The fourth-order valence-electron chi connectivity index (χ4n) is 1.56. The molecule has 0 fully saturated rings. The molecule has 19 heavy (non-hydrogen) atoms. The van der Waals surface area contributed by atoms with Gasteiger partial charge in [0.15, 0.2) is 0 Å². The molecule has 0 saturated carbocycles. The highest BCUT2D eigenvalue weighted by Crippen LogP contribution is 2.30. The van der Waals surface area contributed by atoms with Gasteiger partial charge in [-0.1, -0.05) is 6.08 Å². The Morgan fingerprint density at radius 3 is 2.68 bits per heavy atom. The van der Waals surface area contributed by atoms with E-state index in [2.05, 4.69) is 11.6 Å². The number of hydrogen-bond acceptors (Lipinski definition) is 3. The smallest absolute Gasteiger partial charge is 0.359 e. The third-order valence-electron chi connectivity index (χ3n) is 2.55. The zero-order chi connectivity index (χ0) is 14.5. The van der Waals surface area contributed by atoms with E-state index in [4.69, 9.17) is 5.26 Å². The third-order valence-corrected chi connectivity index (χ3v) is 2.55. The Labute approximate surface area is 110 Å². The zero-order valence-corrected chi connectivity index (χ0v) is 10.5. The summed E-state index contributed by atoms with van der Waals surface area (Å²) in [6, 6.07) is 3.82. The van der Waals surface area contributed by atoms with Gasteiger partial charge in [0.2, 0.25) is 0 Å². The lowest BCUT2D eigenvalue weighted by atomic mass is 10.2. The van der Waals surface area contributed by atoms with Crippen LogP contribution in [0.25, 0.3) is 0 Å².